The van der Waals surface area contributed by atoms with Crippen LogP contribution in [0.15, 0.2) is 110 Å². The van der Waals surface area contributed by atoms with Gasteiger partial charge in [-0.25, -0.2) is 8.42 Å². The van der Waals surface area contributed by atoms with Crippen molar-refractivity contribution in [2.75, 3.05) is 0 Å². The van der Waals surface area contributed by atoms with E-state index in [4.69, 9.17) is 9.98 Å². The first-order chi connectivity index (χ1) is 19.0. The largest absolute Gasteiger partial charge is 0.256 e. The number of rotatable bonds is 2. The molecule has 4 aliphatic rings. The second kappa shape index (κ2) is 7.96. The quantitative estimate of drug-likeness (QED) is 0.269. The van der Waals surface area contributed by atoms with E-state index in [1.165, 1.54) is 22.3 Å². The Morgan fingerprint density at radius 2 is 1.59 bits per heavy atom. The van der Waals surface area contributed by atoms with Gasteiger partial charge in [-0.3, -0.25) is 9.98 Å². The maximum Gasteiger partial charge on any atom is 0.207 e. The zero-order valence-corrected chi connectivity index (χ0v) is 22.6. The summed E-state index contributed by atoms with van der Waals surface area (Å²) in [5, 5.41) is 0. The highest BCUT2D eigenvalue weighted by Gasteiger charge is 2.43. The van der Waals surface area contributed by atoms with Crippen molar-refractivity contribution in [2.24, 2.45) is 9.98 Å². The van der Waals surface area contributed by atoms with Crippen molar-refractivity contribution in [1.82, 2.24) is 0 Å². The number of aliphatic imine (C=N–C) groups is 2. The summed E-state index contributed by atoms with van der Waals surface area (Å²) in [7, 11) is -3.70. The lowest BCUT2D eigenvalue weighted by molar-refractivity contribution is 0.591. The highest BCUT2D eigenvalue weighted by molar-refractivity contribution is 7.91. The summed E-state index contributed by atoms with van der Waals surface area (Å²) < 4.78 is 28.2. The molecule has 190 valence electrons. The van der Waals surface area contributed by atoms with Gasteiger partial charge >= 0.3 is 0 Å². The Kier molecular flexibility index (Phi) is 4.67. The van der Waals surface area contributed by atoms with Crippen LogP contribution in [0.5, 0.6) is 0 Å². The molecule has 4 nitrogen and oxygen atoms in total. The third kappa shape index (κ3) is 3.02. The van der Waals surface area contributed by atoms with Crippen LogP contribution in [0, 0.1) is 0 Å². The monoisotopic (exact) mass is 526 g/mol. The number of benzene rings is 4. The predicted octanol–water partition coefficient (Wildman–Crippen LogP) is 7.71. The third-order valence-electron chi connectivity index (χ3n) is 8.77. The van der Waals surface area contributed by atoms with Crippen molar-refractivity contribution in [3.8, 4) is 0 Å². The molecular formula is C34H26N2O2S. The van der Waals surface area contributed by atoms with E-state index in [9.17, 15) is 8.42 Å². The van der Waals surface area contributed by atoms with E-state index in [0.717, 1.165) is 57.9 Å². The number of hydrogen-bond acceptors (Lipinski definition) is 4. The molecule has 0 aromatic heterocycles. The van der Waals surface area contributed by atoms with E-state index in [0.29, 0.717) is 9.79 Å². The second-order valence-corrected chi connectivity index (χ2v) is 12.7. The van der Waals surface area contributed by atoms with Gasteiger partial charge in [-0.05, 0) is 71.9 Å². The number of sulfone groups is 1. The summed E-state index contributed by atoms with van der Waals surface area (Å²) in [5.41, 5.74) is 12.5. The van der Waals surface area contributed by atoms with Crippen molar-refractivity contribution in [2.45, 2.75) is 48.3 Å². The van der Waals surface area contributed by atoms with Gasteiger partial charge in [-0.15, -0.1) is 0 Å². The van der Waals surface area contributed by atoms with Crippen LogP contribution >= 0.6 is 0 Å². The van der Waals surface area contributed by atoms with Crippen LogP contribution < -0.4 is 0 Å². The molecule has 2 atom stereocenters. The number of para-hydroxylation sites is 1. The van der Waals surface area contributed by atoms with Gasteiger partial charge in [0.15, 0.2) is 0 Å². The van der Waals surface area contributed by atoms with Crippen molar-refractivity contribution in [1.29, 1.82) is 0 Å². The summed E-state index contributed by atoms with van der Waals surface area (Å²) in [6.45, 7) is 4.28. The molecule has 4 aromatic rings. The number of allylic oxidation sites excluding steroid dienone is 2. The van der Waals surface area contributed by atoms with Gasteiger partial charge in [0.2, 0.25) is 9.84 Å². The first-order valence-corrected chi connectivity index (χ1v) is 15.0. The number of nitrogens with zero attached hydrogens (tertiary/aromatic N) is 2. The van der Waals surface area contributed by atoms with Gasteiger partial charge in [-0.2, -0.15) is 0 Å². The van der Waals surface area contributed by atoms with E-state index in [1.54, 1.807) is 6.07 Å². The van der Waals surface area contributed by atoms with E-state index >= 15 is 0 Å². The Balaban J connectivity index is 1.37. The summed E-state index contributed by atoms with van der Waals surface area (Å²) in [6, 6.07) is 28.4. The molecule has 8 rings (SSSR count). The lowest BCUT2D eigenvalue weighted by Crippen LogP contribution is -2.22. The van der Waals surface area contributed by atoms with Crippen molar-refractivity contribution in [3.05, 3.63) is 124 Å². The Hall–Kier alpha value is -4.09. The van der Waals surface area contributed by atoms with Gasteiger partial charge in [0, 0.05) is 16.8 Å². The fourth-order valence-corrected chi connectivity index (χ4v) is 8.88. The maximum atomic E-state index is 14.1. The SMILES string of the molecule is CCC1=Nc2cccc3c2C1c1ccc(C2=C(C)Cc4ccccc4C4=Nc5ccccc5C42)cc1S3(=O)=O. The fourth-order valence-electron chi connectivity index (χ4n) is 7.10. The number of hydrogen-bond donors (Lipinski definition) is 0. The van der Waals surface area contributed by atoms with Gasteiger partial charge < -0.3 is 0 Å². The first kappa shape index (κ1) is 22.9. The smallest absolute Gasteiger partial charge is 0.207 e. The minimum Gasteiger partial charge on any atom is -0.256 e. The minimum atomic E-state index is -3.70. The van der Waals surface area contributed by atoms with Gasteiger partial charge in [0.1, 0.15) is 0 Å². The summed E-state index contributed by atoms with van der Waals surface area (Å²) in [6.07, 6.45) is 1.58. The van der Waals surface area contributed by atoms with Crippen molar-refractivity contribution < 1.29 is 8.42 Å². The topological polar surface area (TPSA) is 58.9 Å². The Morgan fingerprint density at radius 3 is 2.46 bits per heavy atom. The van der Waals surface area contributed by atoms with E-state index in [1.807, 2.05) is 30.3 Å². The summed E-state index contributed by atoms with van der Waals surface area (Å²) in [4.78, 5) is 10.8. The third-order valence-corrected chi connectivity index (χ3v) is 10.6. The lowest BCUT2D eigenvalue weighted by atomic mass is 9.80. The Morgan fingerprint density at radius 1 is 0.795 bits per heavy atom. The molecule has 2 unspecified atom stereocenters. The molecule has 4 aromatic carbocycles. The predicted molar refractivity (Wildman–Crippen MR) is 156 cm³/mol. The summed E-state index contributed by atoms with van der Waals surface area (Å²) in [5.74, 6) is -0.154. The average Bonchev–Trinajstić information content (AvgIpc) is 3.48. The molecule has 3 heterocycles. The minimum absolute atomic E-state index is 0.0488. The molecule has 1 aliphatic carbocycles. The first-order valence-electron chi connectivity index (χ1n) is 13.5. The zero-order valence-electron chi connectivity index (χ0n) is 21.8. The summed E-state index contributed by atoms with van der Waals surface area (Å²) >= 11 is 0. The molecule has 0 saturated carbocycles. The highest BCUT2D eigenvalue weighted by atomic mass is 32.2. The van der Waals surface area contributed by atoms with Crippen LogP contribution in [0.1, 0.15) is 65.5 Å². The molecule has 0 radical (unpaired) electrons. The molecule has 0 N–H and O–H groups in total. The van der Waals surface area contributed by atoms with E-state index < -0.39 is 9.84 Å². The number of fused-ring (bicyclic) bond motifs is 7. The fraction of sp³-hybridized carbons (Fsp3) is 0.176. The van der Waals surface area contributed by atoms with Gasteiger partial charge in [0.25, 0.3) is 0 Å². The van der Waals surface area contributed by atoms with Crippen LogP contribution in [0.3, 0.4) is 0 Å². The average molecular weight is 527 g/mol. The van der Waals surface area contributed by atoms with Crippen LogP contribution in [-0.2, 0) is 16.3 Å². The van der Waals surface area contributed by atoms with Crippen LogP contribution in [-0.4, -0.2) is 19.8 Å². The molecular weight excluding hydrogens is 500 g/mol. The highest BCUT2D eigenvalue weighted by Crippen LogP contribution is 2.53. The molecule has 0 fully saturated rings. The Bertz CT molecular complexity index is 1960. The van der Waals surface area contributed by atoms with E-state index in [-0.39, 0.29) is 11.8 Å². The zero-order chi connectivity index (χ0) is 26.5. The second-order valence-electron chi connectivity index (χ2n) is 10.9. The van der Waals surface area contributed by atoms with Gasteiger partial charge in [-0.1, -0.05) is 73.2 Å². The maximum absolute atomic E-state index is 14.1. The molecule has 0 bridgehead atoms. The molecule has 0 spiro atoms. The van der Waals surface area contributed by atoms with Crippen molar-refractivity contribution in [3.63, 3.8) is 0 Å². The Labute approximate surface area is 228 Å². The molecule has 5 heteroatoms. The molecule has 39 heavy (non-hydrogen) atoms. The normalized spacial score (nSPS) is 21.2. The van der Waals surface area contributed by atoms with Crippen LogP contribution in [0.25, 0.3) is 5.57 Å². The van der Waals surface area contributed by atoms with Crippen molar-refractivity contribution >= 4 is 38.2 Å². The van der Waals surface area contributed by atoms with Crippen LogP contribution in [0.4, 0.5) is 11.4 Å². The molecule has 0 saturated heterocycles. The van der Waals surface area contributed by atoms with Crippen LogP contribution in [0.2, 0.25) is 0 Å². The molecule has 0 amide bonds. The standard InChI is InChI=1S/C34H26N2O2S/c1-3-25-31-24-16-15-21(18-29(24)39(37,38)28-14-8-13-27(35-25)33(28)31)30-19(2)17-20-9-4-5-10-22(20)34-32(30)23-11-6-7-12-26(23)36-34/h4-16,18,31-32H,3,17H2,1-2H3. The lowest BCUT2D eigenvalue weighted by Gasteiger charge is -2.28. The van der Waals surface area contributed by atoms with E-state index in [2.05, 4.69) is 62.4 Å². The van der Waals surface area contributed by atoms with Gasteiger partial charge in [0.05, 0.1) is 38.7 Å². The molecule has 3 aliphatic heterocycles.